The lowest BCUT2D eigenvalue weighted by Gasteiger charge is -2.24. The van der Waals surface area contributed by atoms with Crippen LogP contribution in [0.1, 0.15) is 24.1 Å². The number of nitrogens with zero attached hydrogens (tertiary/aromatic N) is 3. The number of benzene rings is 1. The largest absolute Gasteiger partial charge is 0.476 e. The van der Waals surface area contributed by atoms with E-state index in [2.05, 4.69) is 51.3 Å². The van der Waals surface area contributed by atoms with Crippen LogP contribution in [-0.4, -0.2) is 34.1 Å². The fourth-order valence-corrected chi connectivity index (χ4v) is 3.55. The van der Waals surface area contributed by atoms with E-state index in [1.165, 1.54) is 18.4 Å². The van der Waals surface area contributed by atoms with Gasteiger partial charge in [-0.25, -0.2) is 4.98 Å². The van der Waals surface area contributed by atoms with Crippen molar-refractivity contribution < 1.29 is 4.74 Å². The van der Waals surface area contributed by atoms with Gasteiger partial charge in [-0.15, -0.1) is 0 Å². The molecule has 1 aliphatic rings. The first-order chi connectivity index (χ1) is 12.3. The Bertz CT molecular complexity index is 850. The summed E-state index contributed by atoms with van der Waals surface area (Å²) in [5.74, 6) is 0.699. The summed E-state index contributed by atoms with van der Waals surface area (Å²) in [4.78, 5) is 11.5. The van der Waals surface area contributed by atoms with E-state index in [-0.39, 0.29) is 0 Å². The van der Waals surface area contributed by atoms with Crippen molar-refractivity contribution in [3.05, 3.63) is 66.0 Å². The average Bonchev–Trinajstić information content (AvgIpc) is 3.08. The van der Waals surface area contributed by atoms with Gasteiger partial charge in [0.2, 0.25) is 5.88 Å². The minimum absolute atomic E-state index is 0.455. The molecule has 0 aliphatic carbocycles. The molecule has 4 nitrogen and oxygen atoms in total. The predicted molar refractivity (Wildman–Crippen MR) is 99.6 cm³/mol. The molecule has 0 N–H and O–H groups in total. The third-order valence-corrected chi connectivity index (χ3v) is 4.94. The number of ether oxygens (including phenoxy) is 1. The van der Waals surface area contributed by atoms with Crippen LogP contribution in [0.2, 0.25) is 0 Å². The number of rotatable bonds is 5. The second kappa shape index (κ2) is 7.19. The highest BCUT2D eigenvalue weighted by Crippen LogP contribution is 2.22. The maximum Gasteiger partial charge on any atom is 0.213 e. The Hall–Kier alpha value is -2.46. The highest BCUT2D eigenvalue weighted by atomic mass is 16.5. The van der Waals surface area contributed by atoms with Gasteiger partial charge in [-0.2, -0.15) is 0 Å². The van der Waals surface area contributed by atoms with E-state index in [4.69, 9.17) is 4.74 Å². The van der Waals surface area contributed by atoms with Crippen molar-refractivity contribution in [1.29, 1.82) is 0 Å². The van der Waals surface area contributed by atoms with E-state index in [0.29, 0.717) is 18.5 Å². The van der Waals surface area contributed by atoms with Gasteiger partial charge >= 0.3 is 0 Å². The third kappa shape index (κ3) is 3.64. The minimum atomic E-state index is 0.455. The summed E-state index contributed by atoms with van der Waals surface area (Å²) in [5, 5.41) is 1.08. The molecule has 2 aromatic heterocycles. The van der Waals surface area contributed by atoms with E-state index in [9.17, 15) is 0 Å². The molecule has 1 aliphatic heterocycles. The number of fused-ring (bicyclic) bond motifs is 1. The molecule has 1 saturated heterocycles. The van der Waals surface area contributed by atoms with Crippen molar-refractivity contribution in [1.82, 2.24) is 14.9 Å². The first-order valence-electron chi connectivity index (χ1n) is 8.93. The monoisotopic (exact) mass is 333 g/mol. The Morgan fingerprint density at radius 2 is 2.00 bits per heavy atom. The summed E-state index contributed by atoms with van der Waals surface area (Å²) < 4.78 is 6.03. The van der Waals surface area contributed by atoms with Gasteiger partial charge in [0.1, 0.15) is 6.61 Å². The standard InChI is InChI=1S/C21H23N3O/c1-16-19-9-10-21(23-20(19)11-12-22-16)25-15-18-8-5-13-24(18)14-17-6-3-2-4-7-17/h2-4,6-7,9-12,18H,5,8,13-15H2,1H3. The van der Waals surface area contributed by atoms with Gasteiger partial charge in [-0.3, -0.25) is 9.88 Å². The highest BCUT2D eigenvalue weighted by molar-refractivity contribution is 5.80. The summed E-state index contributed by atoms with van der Waals surface area (Å²) in [7, 11) is 0. The lowest BCUT2D eigenvalue weighted by Crippen LogP contribution is -2.33. The zero-order valence-corrected chi connectivity index (χ0v) is 14.6. The Labute approximate surface area is 148 Å². The molecule has 25 heavy (non-hydrogen) atoms. The van der Waals surface area contributed by atoms with Crippen LogP contribution in [0.5, 0.6) is 5.88 Å². The van der Waals surface area contributed by atoms with Crippen LogP contribution in [0.3, 0.4) is 0 Å². The second-order valence-electron chi connectivity index (χ2n) is 6.68. The first kappa shape index (κ1) is 16.0. The Morgan fingerprint density at radius 1 is 1.12 bits per heavy atom. The van der Waals surface area contributed by atoms with E-state index in [1.54, 1.807) is 6.20 Å². The molecular weight excluding hydrogens is 310 g/mol. The molecule has 0 bridgehead atoms. The van der Waals surface area contributed by atoms with Crippen molar-refractivity contribution in [2.45, 2.75) is 32.4 Å². The molecule has 128 valence electrons. The van der Waals surface area contributed by atoms with Gasteiger partial charge in [0.05, 0.1) is 5.52 Å². The summed E-state index contributed by atoms with van der Waals surface area (Å²) in [5.41, 5.74) is 3.31. The molecule has 0 saturated carbocycles. The fraction of sp³-hybridized carbons (Fsp3) is 0.333. The molecule has 0 amide bonds. The second-order valence-corrected chi connectivity index (χ2v) is 6.68. The van der Waals surface area contributed by atoms with Crippen LogP contribution in [0, 0.1) is 6.92 Å². The zero-order chi connectivity index (χ0) is 17.1. The Balaban J connectivity index is 1.42. The zero-order valence-electron chi connectivity index (χ0n) is 14.6. The molecule has 1 unspecified atom stereocenters. The molecule has 4 heteroatoms. The van der Waals surface area contributed by atoms with E-state index < -0.39 is 0 Å². The van der Waals surface area contributed by atoms with Gasteiger partial charge < -0.3 is 4.74 Å². The first-order valence-corrected chi connectivity index (χ1v) is 8.93. The smallest absolute Gasteiger partial charge is 0.213 e. The summed E-state index contributed by atoms with van der Waals surface area (Å²) >= 11 is 0. The molecule has 1 atom stereocenters. The van der Waals surface area contributed by atoms with Crippen molar-refractivity contribution in [3.63, 3.8) is 0 Å². The maximum atomic E-state index is 6.03. The predicted octanol–water partition coefficient (Wildman–Crippen LogP) is 3.98. The summed E-state index contributed by atoms with van der Waals surface area (Å²) in [6, 6.07) is 17.1. The van der Waals surface area contributed by atoms with E-state index in [1.807, 2.05) is 19.1 Å². The van der Waals surface area contributed by atoms with Gasteiger partial charge in [0.15, 0.2) is 0 Å². The Kier molecular flexibility index (Phi) is 4.61. The number of pyridine rings is 2. The van der Waals surface area contributed by atoms with Crippen molar-refractivity contribution in [2.24, 2.45) is 0 Å². The van der Waals surface area contributed by atoms with Crippen molar-refractivity contribution in [3.8, 4) is 5.88 Å². The molecule has 0 spiro atoms. The number of hydrogen-bond donors (Lipinski definition) is 0. The van der Waals surface area contributed by atoms with Crippen molar-refractivity contribution in [2.75, 3.05) is 13.2 Å². The molecule has 4 rings (SSSR count). The van der Waals surface area contributed by atoms with Crippen molar-refractivity contribution >= 4 is 10.9 Å². The molecule has 3 heterocycles. The molecule has 3 aromatic rings. The average molecular weight is 333 g/mol. The van der Waals surface area contributed by atoms with Crippen LogP contribution in [-0.2, 0) is 6.54 Å². The van der Waals surface area contributed by atoms with Gasteiger partial charge in [0.25, 0.3) is 0 Å². The lowest BCUT2D eigenvalue weighted by atomic mass is 10.2. The fourth-order valence-electron chi connectivity index (χ4n) is 3.55. The molecule has 1 fully saturated rings. The topological polar surface area (TPSA) is 38.3 Å². The molecule has 1 aromatic carbocycles. The van der Waals surface area contributed by atoms with Crippen LogP contribution < -0.4 is 4.74 Å². The quantitative estimate of drug-likeness (QED) is 0.708. The maximum absolute atomic E-state index is 6.03. The van der Waals surface area contributed by atoms with E-state index >= 15 is 0 Å². The van der Waals surface area contributed by atoms with Crippen LogP contribution in [0.25, 0.3) is 10.9 Å². The molecule has 0 radical (unpaired) electrons. The van der Waals surface area contributed by atoms with Gasteiger partial charge in [-0.1, -0.05) is 30.3 Å². The SMILES string of the molecule is Cc1nccc2nc(OCC3CCCN3Cc3ccccc3)ccc12. The van der Waals surface area contributed by atoms with Gasteiger partial charge in [-0.05, 0) is 44.0 Å². The summed E-state index contributed by atoms with van der Waals surface area (Å²) in [6.45, 7) is 4.82. The van der Waals surface area contributed by atoms with Crippen LogP contribution in [0.15, 0.2) is 54.7 Å². The number of hydrogen-bond acceptors (Lipinski definition) is 4. The lowest BCUT2D eigenvalue weighted by molar-refractivity contribution is 0.164. The van der Waals surface area contributed by atoms with Gasteiger partial charge in [0, 0.05) is 35.9 Å². The number of likely N-dealkylation sites (tertiary alicyclic amines) is 1. The minimum Gasteiger partial charge on any atom is -0.476 e. The summed E-state index contributed by atoms with van der Waals surface area (Å²) in [6.07, 6.45) is 4.22. The number of aromatic nitrogens is 2. The third-order valence-electron chi connectivity index (χ3n) is 4.94. The Morgan fingerprint density at radius 3 is 2.88 bits per heavy atom. The van der Waals surface area contributed by atoms with Crippen LogP contribution >= 0.6 is 0 Å². The number of aryl methyl sites for hydroxylation is 1. The highest BCUT2D eigenvalue weighted by Gasteiger charge is 2.25. The normalized spacial score (nSPS) is 17.9. The van der Waals surface area contributed by atoms with Crippen LogP contribution in [0.4, 0.5) is 0 Å². The molecular formula is C21H23N3O. The van der Waals surface area contributed by atoms with E-state index in [0.717, 1.165) is 29.7 Å².